The number of carbonyl (C=O) groups is 3. The van der Waals surface area contributed by atoms with E-state index in [9.17, 15) is 19.5 Å². The number of hydrogen-bond acceptors (Lipinski definition) is 5. The van der Waals surface area contributed by atoms with Crippen molar-refractivity contribution in [3.63, 3.8) is 0 Å². The van der Waals surface area contributed by atoms with Gasteiger partial charge in [0, 0.05) is 5.92 Å². The second kappa shape index (κ2) is 9.06. The molecule has 1 aliphatic carbocycles. The van der Waals surface area contributed by atoms with Crippen molar-refractivity contribution in [3.05, 3.63) is 95.1 Å². The lowest BCUT2D eigenvalue weighted by Crippen LogP contribution is -2.29. The van der Waals surface area contributed by atoms with Gasteiger partial charge in [0.2, 0.25) is 0 Å². The highest BCUT2D eigenvalue weighted by Crippen LogP contribution is 2.44. The molecular weight excluding hydrogens is 408 g/mol. The number of benzene rings is 3. The summed E-state index contributed by atoms with van der Waals surface area (Å²) >= 11 is 0. The summed E-state index contributed by atoms with van der Waals surface area (Å²) < 4.78 is 10.2. The smallest absolute Gasteiger partial charge is 0.337 e. The molecule has 0 saturated carbocycles. The molecule has 3 aromatic rings. The van der Waals surface area contributed by atoms with Crippen LogP contribution < -0.4 is 0 Å². The van der Waals surface area contributed by atoms with Gasteiger partial charge in [-0.2, -0.15) is 0 Å². The molecule has 0 saturated heterocycles. The fourth-order valence-corrected chi connectivity index (χ4v) is 4.16. The molecule has 0 aromatic heterocycles. The van der Waals surface area contributed by atoms with Crippen LogP contribution in [0.25, 0.3) is 11.1 Å². The molecule has 6 heteroatoms. The molecule has 162 valence electrons. The second-order valence-electron chi connectivity index (χ2n) is 7.64. The van der Waals surface area contributed by atoms with Crippen molar-refractivity contribution >= 4 is 17.9 Å². The van der Waals surface area contributed by atoms with Crippen LogP contribution in [0.4, 0.5) is 0 Å². The van der Waals surface area contributed by atoms with E-state index in [0.717, 1.165) is 22.3 Å². The topological polar surface area (TPSA) is 89.9 Å². The van der Waals surface area contributed by atoms with Gasteiger partial charge in [0.05, 0.1) is 12.7 Å². The maximum atomic E-state index is 12.8. The summed E-state index contributed by atoms with van der Waals surface area (Å²) in [6, 6.07) is 22.3. The van der Waals surface area contributed by atoms with E-state index in [4.69, 9.17) is 9.47 Å². The average Bonchev–Trinajstić information content (AvgIpc) is 3.14. The van der Waals surface area contributed by atoms with Crippen LogP contribution >= 0.6 is 0 Å². The van der Waals surface area contributed by atoms with Gasteiger partial charge in [0.1, 0.15) is 6.61 Å². The Morgan fingerprint density at radius 3 is 2.12 bits per heavy atom. The van der Waals surface area contributed by atoms with Gasteiger partial charge < -0.3 is 14.6 Å². The molecule has 1 N–H and O–H groups in total. The van der Waals surface area contributed by atoms with Crippen molar-refractivity contribution in [1.29, 1.82) is 0 Å². The Labute approximate surface area is 185 Å². The average molecular weight is 430 g/mol. The Hall–Kier alpha value is -3.93. The molecule has 0 spiro atoms. The summed E-state index contributed by atoms with van der Waals surface area (Å²) in [6.07, 6.45) is -0.0865. The van der Waals surface area contributed by atoms with Gasteiger partial charge in [-0.05, 0) is 46.4 Å². The molecule has 0 bridgehead atoms. The van der Waals surface area contributed by atoms with E-state index in [0.29, 0.717) is 11.1 Å². The van der Waals surface area contributed by atoms with Crippen LogP contribution in [-0.4, -0.2) is 36.7 Å². The van der Waals surface area contributed by atoms with Crippen molar-refractivity contribution in [2.45, 2.75) is 12.3 Å². The predicted molar refractivity (Wildman–Crippen MR) is 117 cm³/mol. The Morgan fingerprint density at radius 2 is 1.53 bits per heavy atom. The quantitative estimate of drug-likeness (QED) is 0.449. The zero-order valence-electron chi connectivity index (χ0n) is 17.5. The molecule has 1 atom stereocenters. The number of hydrogen-bond donors (Lipinski definition) is 1. The zero-order valence-corrected chi connectivity index (χ0v) is 17.5. The third kappa shape index (κ3) is 4.12. The monoisotopic (exact) mass is 430 g/mol. The van der Waals surface area contributed by atoms with Crippen LogP contribution in [0.1, 0.15) is 33.0 Å². The number of esters is 2. The van der Waals surface area contributed by atoms with Crippen molar-refractivity contribution < 1.29 is 29.0 Å². The molecule has 0 fully saturated rings. The van der Waals surface area contributed by atoms with Crippen LogP contribution in [0.2, 0.25) is 0 Å². The lowest BCUT2D eigenvalue weighted by molar-refractivity contribution is -0.158. The summed E-state index contributed by atoms with van der Waals surface area (Å²) in [5, 5.41) is 9.64. The Bertz CT molecular complexity index is 1140. The van der Waals surface area contributed by atoms with Crippen LogP contribution in [0.15, 0.2) is 72.8 Å². The van der Waals surface area contributed by atoms with Gasteiger partial charge in [-0.15, -0.1) is 0 Å². The SMILES string of the molecule is COC(=O)c1cccc(C[C@H](C(=O)O)C(=O)OCC2c3ccccc3-c3ccccc32)c1. The molecule has 3 aromatic carbocycles. The molecule has 32 heavy (non-hydrogen) atoms. The van der Waals surface area contributed by atoms with E-state index in [-0.39, 0.29) is 18.9 Å². The number of ether oxygens (including phenoxy) is 2. The van der Waals surface area contributed by atoms with E-state index in [1.807, 2.05) is 48.5 Å². The third-order valence-corrected chi connectivity index (χ3v) is 5.73. The highest BCUT2D eigenvalue weighted by atomic mass is 16.5. The lowest BCUT2D eigenvalue weighted by atomic mass is 9.97. The zero-order chi connectivity index (χ0) is 22.7. The van der Waals surface area contributed by atoms with E-state index < -0.39 is 23.8 Å². The summed E-state index contributed by atoms with van der Waals surface area (Å²) in [5.41, 5.74) is 5.13. The van der Waals surface area contributed by atoms with E-state index in [1.165, 1.54) is 13.2 Å². The maximum Gasteiger partial charge on any atom is 0.337 e. The molecule has 0 amide bonds. The molecule has 0 radical (unpaired) electrons. The molecular formula is C26H22O6. The number of carboxylic acids is 1. The number of carbonyl (C=O) groups excluding carboxylic acids is 2. The molecule has 0 aliphatic heterocycles. The van der Waals surface area contributed by atoms with Gasteiger partial charge in [-0.3, -0.25) is 9.59 Å². The van der Waals surface area contributed by atoms with Gasteiger partial charge in [0.25, 0.3) is 0 Å². The number of fused-ring (bicyclic) bond motifs is 3. The van der Waals surface area contributed by atoms with Gasteiger partial charge >= 0.3 is 17.9 Å². The van der Waals surface area contributed by atoms with Crippen LogP contribution in [0.3, 0.4) is 0 Å². The molecule has 0 unspecified atom stereocenters. The van der Waals surface area contributed by atoms with E-state index >= 15 is 0 Å². The Morgan fingerprint density at radius 1 is 0.906 bits per heavy atom. The first kappa shape index (κ1) is 21.3. The van der Waals surface area contributed by atoms with Crippen LogP contribution in [-0.2, 0) is 25.5 Å². The summed E-state index contributed by atoms with van der Waals surface area (Å²) in [7, 11) is 1.27. The third-order valence-electron chi connectivity index (χ3n) is 5.73. The largest absolute Gasteiger partial charge is 0.481 e. The first-order valence-electron chi connectivity index (χ1n) is 10.2. The summed E-state index contributed by atoms with van der Waals surface area (Å²) in [6.45, 7) is 0.0544. The molecule has 4 rings (SSSR count). The fourth-order valence-electron chi connectivity index (χ4n) is 4.16. The van der Waals surface area contributed by atoms with E-state index in [1.54, 1.807) is 18.2 Å². The first-order chi connectivity index (χ1) is 15.5. The van der Waals surface area contributed by atoms with Crippen LogP contribution in [0.5, 0.6) is 0 Å². The fraction of sp³-hybridized carbons (Fsp3) is 0.192. The highest BCUT2D eigenvalue weighted by molar-refractivity contribution is 5.94. The molecule has 6 nitrogen and oxygen atoms in total. The Kier molecular flexibility index (Phi) is 6.03. The molecule has 0 heterocycles. The number of methoxy groups -OCH3 is 1. The van der Waals surface area contributed by atoms with Crippen molar-refractivity contribution in [2.75, 3.05) is 13.7 Å². The minimum atomic E-state index is -1.38. The minimum absolute atomic E-state index is 0.0544. The summed E-state index contributed by atoms with van der Waals surface area (Å²) in [4.78, 5) is 36.3. The normalized spacial score (nSPS) is 13.0. The number of rotatable bonds is 7. The van der Waals surface area contributed by atoms with Gasteiger partial charge in [0.15, 0.2) is 5.92 Å². The lowest BCUT2D eigenvalue weighted by Gasteiger charge is -2.17. The maximum absolute atomic E-state index is 12.8. The predicted octanol–water partition coefficient (Wildman–Crippen LogP) is 4.07. The number of carboxylic acid groups (broad SMARTS) is 1. The minimum Gasteiger partial charge on any atom is -0.481 e. The van der Waals surface area contributed by atoms with Crippen LogP contribution in [0, 0.1) is 5.92 Å². The Balaban J connectivity index is 1.50. The van der Waals surface area contributed by atoms with Crippen molar-refractivity contribution in [2.24, 2.45) is 5.92 Å². The number of aliphatic carboxylic acids is 1. The van der Waals surface area contributed by atoms with Gasteiger partial charge in [-0.25, -0.2) is 4.79 Å². The highest BCUT2D eigenvalue weighted by Gasteiger charge is 2.32. The summed E-state index contributed by atoms with van der Waals surface area (Å²) in [5.74, 6) is -4.13. The van der Waals surface area contributed by atoms with Crippen molar-refractivity contribution in [3.8, 4) is 11.1 Å². The molecule has 1 aliphatic rings. The first-order valence-corrected chi connectivity index (χ1v) is 10.2. The second-order valence-corrected chi connectivity index (χ2v) is 7.64. The van der Waals surface area contributed by atoms with Crippen molar-refractivity contribution in [1.82, 2.24) is 0 Å². The van der Waals surface area contributed by atoms with Gasteiger partial charge in [-0.1, -0.05) is 60.7 Å². The standard InChI is InChI=1S/C26H22O6/c1-31-25(29)17-8-6-7-16(13-17)14-22(24(27)28)26(30)32-15-23-20-11-4-2-9-18(20)19-10-3-5-12-21(19)23/h2-13,22-23H,14-15H2,1H3,(H,27,28)/t22-/m1/s1. The van der Waals surface area contributed by atoms with E-state index in [2.05, 4.69) is 0 Å².